The third-order valence-corrected chi connectivity index (χ3v) is 4.59. The average Bonchev–Trinajstić information content (AvgIpc) is 2.40. The van der Waals surface area contributed by atoms with E-state index >= 15 is 0 Å². The van der Waals surface area contributed by atoms with E-state index in [4.69, 9.17) is 4.74 Å². The van der Waals surface area contributed by atoms with Crippen molar-refractivity contribution in [2.75, 3.05) is 7.11 Å². The zero-order valence-corrected chi connectivity index (χ0v) is 12.9. The molecule has 2 rings (SSSR count). The number of rotatable bonds is 3. The van der Waals surface area contributed by atoms with Crippen molar-refractivity contribution in [1.82, 2.24) is 0 Å². The van der Waals surface area contributed by atoms with Crippen LogP contribution in [0.2, 0.25) is 0 Å². The zero-order chi connectivity index (χ0) is 13.0. The SMILES string of the molecule is COC(=O)C[C@H]1CC[C@H](c2ccc(I)cc2)CC1. The minimum absolute atomic E-state index is 0.0623. The van der Waals surface area contributed by atoms with Gasteiger partial charge in [0.15, 0.2) is 0 Å². The zero-order valence-electron chi connectivity index (χ0n) is 10.7. The number of ether oxygens (including phenoxy) is 1. The Bertz CT molecular complexity index is 391. The lowest BCUT2D eigenvalue weighted by atomic mass is 9.77. The first-order valence-corrected chi connectivity index (χ1v) is 7.59. The highest BCUT2D eigenvalue weighted by Gasteiger charge is 2.24. The maximum atomic E-state index is 11.2. The summed E-state index contributed by atoms with van der Waals surface area (Å²) in [5, 5.41) is 0. The van der Waals surface area contributed by atoms with E-state index < -0.39 is 0 Å². The van der Waals surface area contributed by atoms with Crippen LogP contribution in [0, 0.1) is 9.49 Å². The molecule has 0 N–H and O–H groups in total. The number of carbonyl (C=O) groups excluding carboxylic acids is 1. The Hall–Kier alpha value is -0.580. The Morgan fingerprint density at radius 2 is 1.83 bits per heavy atom. The monoisotopic (exact) mass is 358 g/mol. The van der Waals surface area contributed by atoms with Gasteiger partial charge in [-0.3, -0.25) is 4.79 Å². The molecule has 0 bridgehead atoms. The van der Waals surface area contributed by atoms with Gasteiger partial charge in [0.1, 0.15) is 0 Å². The molecule has 3 heteroatoms. The molecule has 0 unspecified atom stereocenters. The predicted molar refractivity (Wildman–Crippen MR) is 80.5 cm³/mol. The molecule has 0 aliphatic heterocycles. The van der Waals surface area contributed by atoms with Gasteiger partial charge in [-0.25, -0.2) is 0 Å². The number of halogens is 1. The molecule has 0 atom stereocenters. The minimum atomic E-state index is -0.0623. The summed E-state index contributed by atoms with van der Waals surface area (Å²) in [7, 11) is 1.47. The highest BCUT2D eigenvalue weighted by Crippen LogP contribution is 2.37. The molecule has 1 aromatic carbocycles. The molecule has 0 amide bonds. The molecule has 0 aromatic heterocycles. The number of hydrogen-bond donors (Lipinski definition) is 0. The lowest BCUT2D eigenvalue weighted by Crippen LogP contribution is -2.17. The molecular weight excluding hydrogens is 339 g/mol. The normalized spacial score (nSPS) is 23.7. The van der Waals surface area contributed by atoms with Gasteiger partial charge >= 0.3 is 5.97 Å². The van der Waals surface area contributed by atoms with Gasteiger partial charge in [-0.15, -0.1) is 0 Å². The topological polar surface area (TPSA) is 26.3 Å². The number of carbonyl (C=O) groups is 1. The molecule has 18 heavy (non-hydrogen) atoms. The van der Waals surface area contributed by atoms with Crippen molar-refractivity contribution in [1.29, 1.82) is 0 Å². The van der Waals surface area contributed by atoms with Crippen molar-refractivity contribution < 1.29 is 9.53 Å². The van der Waals surface area contributed by atoms with Gasteiger partial charge in [0, 0.05) is 9.99 Å². The molecule has 0 radical (unpaired) electrons. The molecular formula is C15H19IO2. The summed E-state index contributed by atoms with van der Waals surface area (Å²) in [5.41, 5.74) is 1.45. The molecule has 1 fully saturated rings. The molecule has 2 nitrogen and oxygen atoms in total. The van der Waals surface area contributed by atoms with Gasteiger partial charge in [-0.05, 0) is 77.8 Å². The first-order valence-electron chi connectivity index (χ1n) is 6.51. The lowest BCUT2D eigenvalue weighted by Gasteiger charge is -2.28. The van der Waals surface area contributed by atoms with Gasteiger partial charge in [-0.2, -0.15) is 0 Å². The maximum Gasteiger partial charge on any atom is 0.305 e. The van der Waals surface area contributed by atoms with Crippen molar-refractivity contribution in [2.24, 2.45) is 5.92 Å². The Balaban J connectivity index is 1.86. The second kappa shape index (κ2) is 6.55. The fourth-order valence-electron chi connectivity index (χ4n) is 2.75. The van der Waals surface area contributed by atoms with Crippen molar-refractivity contribution in [3.8, 4) is 0 Å². The van der Waals surface area contributed by atoms with E-state index in [-0.39, 0.29) is 5.97 Å². The molecule has 0 spiro atoms. The van der Waals surface area contributed by atoms with Crippen LogP contribution in [-0.4, -0.2) is 13.1 Å². The lowest BCUT2D eigenvalue weighted by molar-refractivity contribution is -0.142. The van der Waals surface area contributed by atoms with E-state index in [9.17, 15) is 4.79 Å². The highest BCUT2D eigenvalue weighted by atomic mass is 127. The van der Waals surface area contributed by atoms with Gasteiger partial charge < -0.3 is 4.74 Å². The molecule has 0 saturated heterocycles. The fourth-order valence-corrected chi connectivity index (χ4v) is 3.11. The number of benzene rings is 1. The molecule has 98 valence electrons. The molecule has 1 saturated carbocycles. The van der Waals surface area contributed by atoms with Crippen molar-refractivity contribution in [3.63, 3.8) is 0 Å². The second-order valence-corrected chi connectivity index (χ2v) is 6.30. The third kappa shape index (κ3) is 3.70. The van der Waals surface area contributed by atoms with E-state index in [1.165, 1.54) is 29.1 Å². The number of esters is 1. The van der Waals surface area contributed by atoms with Crippen LogP contribution in [0.15, 0.2) is 24.3 Å². The quantitative estimate of drug-likeness (QED) is 0.600. The summed E-state index contributed by atoms with van der Waals surface area (Å²) in [6, 6.07) is 8.84. The standard InChI is InChI=1S/C15H19IO2/c1-18-15(17)10-11-2-4-12(5-3-11)13-6-8-14(16)9-7-13/h6-9,11-12H,2-5,10H2,1H3/t11-,12-. The summed E-state index contributed by atoms with van der Waals surface area (Å²) in [6.07, 6.45) is 5.28. The largest absolute Gasteiger partial charge is 0.469 e. The summed E-state index contributed by atoms with van der Waals surface area (Å²) >= 11 is 2.34. The van der Waals surface area contributed by atoms with Crippen molar-refractivity contribution in [3.05, 3.63) is 33.4 Å². The Morgan fingerprint density at radius 1 is 1.22 bits per heavy atom. The first-order chi connectivity index (χ1) is 8.69. The Labute approximate surface area is 122 Å². The van der Waals surface area contributed by atoms with E-state index in [0.717, 1.165) is 12.8 Å². The van der Waals surface area contributed by atoms with Crippen LogP contribution in [0.3, 0.4) is 0 Å². The molecule has 1 aliphatic carbocycles. The van der Waals surface area contributed by atoms with Gasteiger partial charge in [0.25, 0.3) is 0 Å². The molecule has 1 aliphatic rings. The molecule has 1 aromatic rings. The highest BCUT2D eigenvalue weighted by molar-refractivity contribution is 14.1. The Kier molecular flexibility index (Phi) is 5.03. The van der Waals surface area contributed by atoms with Crippen LogP contribution >= 0.6 is 22.6 Å². The fraction of sp³-hybridized carbons (Fsp3) is 0.533. The summed E-state index contributed by atoms with van der Waals surface area (Å²) in [6.45, 7) is 0. The van der Waals surface area contributed by atoms with Crippen molar-refractivity contribution >= 4 is 28.6 Å². The second-order valence-electron chi connectivity index (χ2n) is 5.05. The van der Waals surface area contributed by atoms with Crippen LogP contribution in [0.4, 0.5) is 0 Å². The summed E-state index contributed by atoms with van der Waals surface area (Å²) < 4.78 is 6.03. The van der Waals surface area contributed by atoms with Crippen LogP contribution < -0.4 is 0 Å². The van der Waals surface area contributed by atoms with Gasteiger partial charge in [0.05, 0.1) is 7.11 Å². The number of hydrogen-bond acceptors (Lipinski definition) is 2. The van der Waals surface area contributed by atoms with E-state index in [1.807, 2.05) is 0 Å². The van der Waals surface area contributed by atoms with Crippen LogP contribution in [0.1, 0.15) is 43.6 Å². The third-order valence-electron chi connectivity index (χ3n) is 3.87. The van der Waals surface area contributed by atoms with E-state index in [2.05, 4.69) is 46.9 Å². The van der Waals surface area contributed by atoms with E-state index in [1.54, 1.807) is 0 Å². The smallest absolute Gasteiger partial charge is 0.305 e. The maximum absolute atomic E-state index is 11.2. The molecule has 0 heterocycles. The minimum Gasteiger partial charge on any atom is -0.469 e. The van der Waals surface area contributed by atoms with Crippen molar-refractivity contribution in [2.45, 2.75) is 38.0 Å². The van der Waals surface area contributed by atoms with Crippen LogP contribution in [0.5, 0.6) is 0 Å². The van der Waals surface area contributed by atoms with Gasteiger partial charge in [-0.1, -0.05) is 12.1 Å². The van der Waals surface area contributed by atoms with Crippen LogP contribution in [-0.2, 0) is 9.53 Å². The number of methoxy groups -OCH3 is 1. The predicted octanol–water partition coefficient (Wildman–Crippen LogP) is 4.13. The summed E-state index contributed by atoms with van der Waals surface area (Å²) in [4.78, 5) is 11.2. The summed E-state index contributed by atoms with van der Waals surface area (Å²) in [5.74, 6) is 1.14. The van der Waals surface area contributed by atoms with E-state index in [0.29, 0.717) is 18.3 Å². The first kappa shape index (κ1) is 13.8. The average molecular weight is 358 g/mol. The Morgan fingerprint density at radius 3 is 2.39 bits per heavy atom. The van der Waals surface area contributed by atoms with Gasteiger partial charge in [0.2, 0.25) is 0 Å². The van der Waals surface area contributed by atoms with Crippen LogP contribution in [0.25, 0.3) is 0 Å².